The molecular formula is C36H28N2O3. The van der Waals surface area contributed by atoms with Crippen molar-refractivity contribution in [1.29, 1.82) is 0 Å². The molecule has 200 valence electrons. The molecule has 7 rings (SSSR count). The second kappa shape index (κ2) is 10.6. The molecule has 0 aliphatic rings. The number of hydrogen-bond acceptors (Lipinski definition) is 3. The van der Waals surface area contributed by atoms with Crippen LogP contribution in [-0.2, 0) is 0 Å². The van der Waals surface area contributed by atoms with Crippen LogP contribution in [0.3, 0.4) is 0 Å². The standard InChI is InChI=1S/C36H28N2O3/c39-31-21-11-18-28(35(24-12-3-1-4-13-24)40-32-22-26-16-7-9-19-29(26)37-32)34(31)36(25-14-5-2-6-15-25)41-33-23-27-17-8-10-20-30(27)38-33/h1-23,35-39H. The summed E-state index contributed by atoms with van der Waals surface area (Å²) in [6.07, 6.45) is -1.14. The molecule has 2 atom stereocenters. The molecule has 0 aliphatic heterocycles. The molecule has 0 aliphatic carbocycles. The topological polar surface area (TPSA) is 70.3 Å². The van der Waals surface area contributed by atoms with Crippen molar-refractivity contribution in [3.8, 4) is 17.5 Å². The maximum Gasteiger partial charge on any atom is 0.192 e. The van der Waals surface area contributed by atoms with Gasteiger partial charge < -0.3 is 24.5 Å². The van der Waals surface area contributed by atoms with Crippen LogP contribution < -0.4 is 9.47 Å². The Kier molecular flexibility index (Phi) is 6.38. The quantitative estimate of drug-likeness (QED) is 0.182. The van der Waals surface area contributed by atoms with E-state index in [1.54, 1.807) is 6.07 Å². The minimum Gasteiger partial charge on any atom is -0.508 e. The highest BCUT2D eigenvalue weighted by Gasteiger charge is 2.29. The van der Waals surface area contributed by atoms with E-state index in [0.717, 1.165) is 38.5 Å². The molecule has 5 heteroatoms. The number of rotatable bonds is 8. The molecule has 2 aromatic heterocycles. The van der Waals surface area contributed by atoms with Crippen LogP contribution >= 0.6 is 0 Å². The van der Waals surface area contributed by atoms with Gasteiger partial charge in [-0.3, -0.25) is 0 Å². The summed E-state index contributed by atoms with van der Waals surface area (Å²) in [7, 11) is 0. The average molecular weight is 537 g/mol. The van der Waals surface area contributed by atoms with Crippen LogP contribution in [0.15, 0.2) is 140 Å². The smallest absolute Gasteiger partial charge is 0.192 e. The molecule has 41 heavy (non-hydrogen) atoms. The number of ether oxygens (including phenoxy) is 2. The van der Waals surface area contributed by atoms with Gasteiger partial charge in [0.1, 0.15) is 5.75 Å². The highest BCUT2D eigenvalue weighted by atomic mass is 16.5. The maximum absolute atomic E-state index is 11.5. The summed E-state index contributed by atoms with van der Waals surface area (Å²) in [6, 6.07) is 45.7. The first-order valence-electron chi connectivity index (χ1n) is 13.6. The third-order valence-electron chi connectivity index (χ3n) is 7.37. The molecule has 5 nitrogen and oxygen atoms in total. The number of phenolic OH excluding ortho intramolecular Hbond substituents is 1. The Morgan fingerprint density at radius 2 is 0.976 bits per heavy atom. The fourth-order valence-corrected chi connectivity index (χ4v) is 5.42. The van der Waals surface area contributed by atoms with Crippen LogP contribution in [-0.4, -0.2) is 15.1 Å². The van der Waals surface area contributed by atoms with Crippen molar-refractivity contribution in [3.05, 3.63) is 162 Å². The van der Waals surface area contributed by atoms with Gasteiger partial charge in [-0.2, -0.15) is 0 Å². The predicted molar refractivity (Wildman–Crippen MR) is 163 cm³/mol. The summed E-state index contributed by atoms with van der Waals surface area (Å²) in [6.45, 7) is 0. The molecule has 2 unspecified atom stereocenters. The van der Waals surface area contributed by atoms with Gasteiger partial charge in [0.15, 0.2) is 24.0 Å². The minimum absolute atomic E-state index is 0.133. The molecule has 0 spiro atoms. The van der Waals surface area contributed by atoms with Gasteiger partial charge >= 0.3 is 0 Å². The fourth-order valence-electron chi connectivity index (χ4n) is 5.42. The molecular weight excluding hydrogens is 508 g/mol. The summed E-state index contributed by atoms with van der Waals surface area (Å²) >= 11 is 0. The molecule has 0 fully saturated rings. The maximum atomic E-state index is 11.5. The van der Waals surface area contributed by atoms with E-state index in [2.05, 4.69) is 16.0 Å². The molecule has 0 amide bonds. The van der Waals surface area contributed by atoms with Crippen LogP contribution in [0.5, 0.6) is 17.5 Å². The van der Waals surface area contributed by atoms with Crippen LogP contribution in [0.4, 0.5) is 0 Å². The van der Waals surface area contributed by atoms with E-state index >= 15 is 0 Å². The van der Waals surface area contributed by atoms with E-state index in [1.807, 2.05) is 127 Å². The zero-order valence-corrected chi connectivity index (χ0v) is 22.2. The lowest BCUT2D eigenvalue weighted by Gasteiger charge is -2.27. The monoisotopic (exact) mass is 536 g/mol. The summed E-state index contributed by atoms with van der Waals surface area (Å²) in [5.74, 6) is 1.39. The minimum atomic E-state index is -0.613. The summed E-state index contributed by atoms with van der Waals surface area (Å²) in [4.78, 5) is 6.77. The Morgan fingerprint density at radius 3 is 1.54 bits per heavy atom. The van der Waals surface area contributed by atoms with Gasteiger partial charge in [-0.05, 0) is 29.3 Å². The predicted octanol–water partition coefficient (Wildman–Crippen LogP) is 8.69. The first kappa shape index (κ1) is 24.6. The lowest BCUT2D eigenvalue weighted by Crippen LogP contribution is -2.17. The normalized spacial score (nSPS) is 12.8. The van der Waals surface area contributed by atoms with E-state index in [1.165, 1.54) is 0 Å². The largest absolute Gasteiger partial charge is 0.508 e. The zero-order chi connectivity index (χ0) is 27.6. The number of hydrogen-bond donors (Lipinski definition) is 3. The van der Waals surface area contributed by atoms with Gasteiger partial charge in [0.25, 0.3) is 0 Å². The number of H-pyrrole nitrogens is 2. The highest BCUT2D eigenvalue weighted by Crippen LogP contribution is 2.41. The van der Waals surface area contributed by atoms with Crippen molar-refractivity contribution in [3.63, 3.8) is 0 Å². The highest BCUT2D eigenvalue weighted by molar-refractivity contribution is 5.82. The van der Waals surface area contributed by atoms with Crippen molar-refractivity contribution >= 4 is 21.8 Å². The summed E-state index contributed by atoms with van der Waals surface area (Å²) in [5.41, 5.74) is 5.29. The molecule has 2 heterocycles. The van der Waals surface area contributed by atoms with Gasteiger partial charge in [-0.15, -0.1) is 0 Å². The van der Waals surface area contributed by atoms with E-state index in [4.69, 9.17) is 9.47 Å². The first-order valence-corrected chi connectivity index (χ1v) is 13.6. The lowest BCUT2D eigenvalue weighted by atomic mass is 9.90. The fraction of sp³-hybridized carbons (Fsp3) is 0.0556. The van der Waals surface area contributed by atoms with Gasteiger partial charge in [0, 0.05) is 45.1 Å². The molecule has 0 bridgehead atoms. The van der Waals surface area contributed by atoms with Crippen molar-refractivity contribution in [1.82, 2.24) is 9.97 Å². The Morgan fingerprint density at radius 1 is 0.488 bits per heavy atom. The van der Waals surface area contributed by atoms with E-state index in [-0.39, 0.29) is 5.75 Å². The van der Waals surface area contributed by atoms with Gasteiger partial charge in [0.2, 0.25) is 0 Å². The van der Waals surface area contributed by atoms with E-state index < -0.39 is 12.2 Å². The summed E-state index contributed by atoms with van der Waals surface area (Å²) in [5, 5.41) is 13.6. The number of nitrogens with one attached hydrogen (secondary N) is 2. The molecule has 0 radical (unpaired) electrons. The van der Waals surface area contributed by atoms with Crippen molar-refractivity contribution < 1.29 is 14.6 Å². The number of aromatic amines is 2. The Hall–Kier alpha value is -5.42. The Bertz CT molecular complexity index is 1860. The number of aromatic hydroxyl groups is 1. The number of benzene rings is 5. The molecule has 5 aromatic carbocycles. The molecule has 0 saturated heterocycles. The van der Waals surface area contributed by atoms with E-state index in [0.29, 0.717) is 17.3 Å². The number of para-hydroxylation sites is 2. The van der Waals surface area contributed by atoms with E-state index in [9.17, 15) is 5.11 Å². The van der Waals surface area contributed by atoms with Crippen LogP contribution in [0.1, 0.15) is 34.5 Å². The third-order valence-corrected chi connectivity index (χ3v) is 7.37. The van der Waals surface area contributed by atoms with Crippen LogP contribution in [0, 0.1) is 0 Å². The lowest BCUT2D eigenvalue weighted by molar-refractivity contribution is 0.213. The molecule has 3 N–H and O–H groups in total. The second-order valence-corrected chi connectivity index (χ2v) is 10.0. The van der Waals surface area contributed by atoms with Gasteiger partial charge in [-0.1, -0.05) is 109 Å². The van der Waals surface area contributed by atoms with Crippen molar-refractivity contribution in [2.24, 2.45) is 0 Å². The first-order chi connectivity index (χ1) is 20.2. The molecule has 7 aromatic rings. The Balaban J connectivity index is 1.37. The van der Waals surface area contributed by atoms with Crippen molar-refractivity contribution in [2.75, 3.05) is 0 Å². The van der Waals surface area contributed by atoms with Crippen LogP contribution in [0.2, 0.25) is 0 Å². The average Bonchev–Trinajstić information content (AvgIpc) is 3.63. The van der Waals surface area contributed by atoms with Crippen molar-refractivity contribution in [2.45, 2.75) is 12.2 Å². The number of aromatic nitrogens is 2. The third kappa shape index (κ3) is 4.90. The zero-order valence-electron chi connectivity index (χ0n) is 22.2. The van der Waals surface area contributed by atoms with Gasteiger partial charge in [0.05, 0.1) is 0 Å². The SMILES string of the molecule is Oc1cccc(C(Oc2cc3ccccc3[nH]2)c2ccccc2)c1C(Oc1cc2ccccc2[nH]1)c1ccccc1. The number of phenols is 1. The summed E-state index contributed by atoms with van der Waals surface area (Å²) < 4.78 is 13.4. The van der Waals surface area contributed by atoms with Gasteiger partial charge in [-0.25, -0.2) is 0 Å². The number of fused-ring (bicyclic) bond motifs is 2. The Labute approximate surface area is 237 Å². The second-order valence-electron chi connectivity index (χ2n) is 10.0. The van der Waals surface area contributed by atoms with Crippen LogP contribution in [0.25, 0.3) is 21.8 Å². The molecule has 0 saturated carbocycles.